The molecule has 1 aromatic heterocycles. The molecule has 1 aliphatic carbocycles. The number of rotatable bonds is 3. The molecule has 2 aliphatic rings. The van der Waals surface area contributed by atoms with Crippen LogP contribution >= 0.6 is 0 Å². The van der Waals surface area contributed by atoms with Gasteiger partial charge in [0.2, 0.25) is 5.91 Å². The summed E-state index contributed by atoms with van der Waals surface area (Å²) in [5.74, 6) is 1.59. The van der Waals surface area contributed by atoms with E-state index in [1.165, 1.54) is 12.8 Å². The van der Waals surface area contributed by atoms with Crippen LogP contribution in [0.1, 0.15) is 61.1 Å². The van der Waals surface area contributed by atoms with Gasteiger partial charge < -0.3 is 14.2 Å². The Morgan fingerprint density at radius 1 is 1.20 bits per heavy atom. The van der Waals surface area contributed by atoms with E-state index in [9.17, 15) is 9.59 Å². The molecular weight excluding hydrogens is 316 g/mol. The minimum atomic E-state index is 0.103. The van der Waals surface area contributed by atoms with Gasteiger partial charge in [-0.3, -0.25) is 9.59 Å². The number of hydrogen-bond donors (Lipinski definition) is 0. The average molecular weight is 346 g/mol. The molecule has 138 valence electrons. The third-order valence-electron chi connectivity index (χ3n) is 6.33. The number of amides is 2. The number of aryl methyl sites for hydroxylation is 1. The molecule has 0 atom stereocenters. The van der Waals surface area contributed by atoms with Crippen molar-refractivity contribution < 1.29 is 14.0 Å². The van der Waals surface area contributed by atoms with Crippen molar-refractivity contribution in [2.24, 2.45) is 11.3 Å². The van der Waals surface area contributed by atoms with Crippen LogP contribution in [0.2, 0.25) is 0 Å². The lowest BCUT2D eigenvalue weighted by atomic mass is 9.65. The Labute approximate surface area is 150 Å². The molecule has 2 fully saturated rings. The minimum Gasteiger partial charge on any atom is -0.469 e. The van der Waals surface area contributed by atoms with E-state index in [1.54, 1.807) is 17.2 Å². The first-order valence-corrected chi connectivity index (χ1v) is 9.44. The molecule has 5 heteroatoms. The molecule has 1 saturated carbocycles. The predicted molar refractivity (Wildman–Crippen MR) is 96.3 cm³/mol. The van der Waals surface area contributed by atoms with Gasteiger partial charge in [0, 0.05) is 33.6 Å². The number of nitrogens with zero attached hydrogens (tertiary/aromatic N) is 2. The van der Waals surface area contributed by atoms with Gasteiger partial charge in [-0.2, -0.15) is 0 Å². The van der Waals surface area contributed by atoms with Crippen LogP contribution < -0.4 is 0 Å². The van der Waals surface area contributed by atoms with Gasteiger partial charge in [0.05, 0.1) is 11.8 Å². The summed E-state index contributed by atoms with van der Waals surface area (Å²) in [4.78, 5) is 28.2. The zero-order valence-electron chi connectivity index (χ0n) is 15.7. The highest BCUT2D eigenvalue weighted by molar-refractivity contribution is 5.95. The van der Waals surface area contributed by atoms with Crippen LogP contribution in [0.3, 0.4) is 0 Å². The standard InChI is InChI=1S/C20H30N2O3/c1-15-17(6-13-25-15)19(24)22-11-9-20(10-12-22)7-4-16(5-8-20)14-18(23)21(2)3/h6,13,16H,4-5,7-12,14H2,1-3H3. The summed E-state index contributed by atoms with van der Waals surface area (Å²) < 4.78 is 5.27. The maximum atomic E-state index is 12.6. The number of carbonyl (C=O) groups is 2. The highest BCUT2D eigenvalue weighted by Gasteiger charge is 2.39. The number of furan rings is 1. The first kappa shape index (κ1) is 18.0. The minimum absolute atomic E-state index is 0.103. The Hall–Kier alpha value is -1.78. The second kappa shape index (κ2) is 7.22. The summed E-state index contributed by atoms with van der Waals surface area (Å²) in [6.45, 7) is 3.52. The van der Waals surface area contributed by atoms with Crippen molar-refractivity contribution in [2.45, 2.75) is 51.9 Å². The van der Waals surface area contributed by atoms with E-state index < -0.39 is 0 Å². The van der Waals surface area contributed by atoms with Gasteiger partial charge in [0.15, 0.2) is 0 Å². The maximum Gasteiger partial charge on any atom is 0.257 e. The van der Waals surface area contributed by atoms with Gasteiger partial charge in [0.25, 0.3) is 5.91 Å². The molecule has 3 rings (SSSR count). The van der Waals surface area contributed by atoms with Gasteiger partial charge in [-0.1, -0.05) is 0 Å². The number of carbonyl (C=O) groups excluding carboxylic acids is 2. The monoisotopic (exact) mass is 346 g/mol. The van der Waals surface area contributed by atoms with Gasteiger partial charge in [-0.15, -0.1) is 0 Å². The van der Waals surface area contributed by atoms with E-state index in [0.29, 0.717) is 29.1 Å². The lowest BCUT2D eigenvalue weighted by molar-refractivity contribution is -0.130. The van der Waals surface area contributed by atoms with E-state index in [2.05, 4.69) is 0 Å². The highest BCUT2D eigenvalue weighted by Crippen LogP contribution is 2.47. The second-order valence-electron chi connectivity index (χ2n) is 8.12. The van der Waals surface area contributed by atoms with E-state index >= 15 is 0 Å². The predicted octanol–water partition coefficient (Wildman–Crippen LogP) is 3.48. The fraction of sp³-hybridized carbons (Fsp3) is 0.700. The summed E-state index contributed by atoms with van der Waals surface area (Å²) in [5.41, 5.74) is 1.08. The van der Waals surface area contributed by atoms with E-state index in [0.717, 1.165) is 38.8 Å². The number of likely N-dealkylation sites (tertiary alicyclic amines) is 1. The molecule has 0 unspecified atom stereocenters. The maximum absolute atomic E-state index is 12.6. The fourth-order valence-electron chi connectivity index (χ4n) is 4.38. The molecule has 0 bridgehead atoms. The van der Waals surface area contributed by atoms with Crippen molar-refractivity contribution in [3.8, 4) is 0 Å². The lowest BCUT2D eigenvalue weighted by Crippen LogP contribution is -2.44. The molecule has 2 heterocycles. The van der Waals surface area contributed by atoms with Gasteiger partial charge in [-0.05, 0) is 62.8 Å². The van der Waals surface area contributed by atoms with Crippen molar-refractivity contribution in [3.05, 3.63) is 23.7 Å². The SMILES string of the molecule is Cc1occc1C(=O)N1CCC2(CCC(CC(=O)N(C)C)CC2)CC1. The molecule has 1 aromatic rings. The molecule has 2 amide bonds. The molecular formula is C20H30N2O3. The lowest BCUT2D eigenvalue weighted by Gasteiger charge is -2.46. The van der Waals surface area contributed by atoms with Crippen LogP contribution in [-0.2, 0) is 4.79 Å². The third kappa shape index (κ3) is 3.91. The van der Waals surface area contributed by atoms with Gasteiger partial charge >= 0.3 is 0 Å². The van der Waals surface area contributed by atoms with Gasteiger partial charge in [0.1, 0.15) is 5.76 Å². The first-order valence-electron chi connectivity index (χ1n) is 9.44. The Bertz CT molecular complexity index is 617. The topological polar surface area (TPSA) is 53.8 Å². The van der Waals surface area contributed by atoms with Gasteiger partial charge in [-0.25, -0.2) is 0 Å². The zero-order chi connectivity index (χ0) is 18.0. The molecule has 1 aliphatic heterocycles. The summed E-state index contributed by atoms with van der Waals surface area (Å²) in [5, 5.41) is 0. The second-order valence-corrected chi connectivity index (χ2v) is 8.12. The first-order chi connectivity index (χ1) is 11.9. The third-order valence-corrected chi connectivity index (χ3v) is 6.33. The molecule has 25 heavy (non-hydrogen) atoms. The summed E-state index contributed by atoms with van der Waals surface area (Å²) in [6, 6.07) is 1.77. The van der Waals surface area contributed by atoms with E-state index in [1.807, 2.05) is 25.9 Å². The summed E-state index contributed by atoms with van der Waals surface area (Å²) >= 11 is 0. The van der Waals surface area contributed by atoms with E-state index in [4.69, 9.17) is 4.42 Å². The van der Waals surface area contributed by atoms with Crippen molar-refractivity contribution in [1.29, 1.82) is 0 Å². The van der Waals surface area contributed by atoms with Crippen LogP contribution in [0.5, 0.6) is 0 Å². The van der Waals surface area contributed by atoms with Crippen LogP contribution in [-0.4, -0.2) is 48.8 Å². The van der Waals surface area contributed by atoms with Crippen molar-refractivity contribution in [3.63, 3.8) is 0 Å². The van der Waals surface area contributed by atoms with Crippen molar-refractivity contribution in [2.75, 3.05) is 27.2 Å². The molecule has 0 radical (unpaired) electrons. The quantitative estimate of drug-likeness (QED) is 0.842. The Morgan fingerprint density at radius 3 is 2.36 bits per heavy atom. The fourth-order valence-corrected chi connectivity index (χ4v) is 4.38. The number of piperidine rings is 1. The Kier molecular flexibility index (Phi) is 5.21. The van der Waals surface area contributed by atoms with Crippen LogP contribution in [0.4, 0.5) is 0 Å². The van der Waals surface area contributed by atoms with Crippen molar-refractivity contribution in [1.82, 2.24) is 9.80 Å². The molecule has 1 saturated heterocycles. The normalized spacial score (nSPS) is 20.7. The zero-order valence-corrected chi connectivity index (χ0v) is 15.7. The summed E-state index contributed by atoms with van der Waals surface area (Å²) in [6.07, 6.45) is 9.14. The smallest absolute Gasteiger partial charge is 0.257 e. The summed E-state index contributed by atoms with van der Waals surface area (Å²) in [7, 11) is 3.67. The molecule has 0 aromatic carbocycles. The Balaban J connectivity index is 1.50. The highest BCUT2D eigenvalue weighted by atomic mass is 16.3. The molecule has 1 spiro atoms. The average Bonchev–Trinajstić information content (AvgIpc) is 3.03. The van der Waals surface area contributed by atoms with E-state index in [-0.39, 0.29) is 11.8 Å². The van der Waals surface area contributed by atoms with Crippen molar-refractivity contribution >= 4 is 11.8 Å². The molecule has 0 N–H and O–H groups in total. The van der Waals surface area contributed by atoms with Crippen LogP contribution in [0.25, 0.3) is 0 Å². The van der Waals surface area contributed by atoms with Crippen LogP contribution in [0.15, 0.2) is 16.7 Å². The molecule has 5 nitrogen and oxygen atoms in total. The number of hydrogen-bond acceptors (Lipinski definition) is 3. The van der Waals surface area contributed by atoms with Crippen LogP contribution in [0, 0.1) is 18.3 Å². The largest absolute Gasteiger partial charge is 0.469 e. The Morgan fingerprint density at radius 2 is 1.84 bits per heavy atom.